The van der Waals surface area contributed by atoms with E-state index in [0.29, 0.717) is 6.04 Å². The molecule has 1 aliphatic heterocycles. The molecule has 0 radical (unpaired) electrons. The van der Waals surface area contributed by atoms with Crippen molar-refractivity contribution < 1.29 is 0 Å². The van der Waals surface area contributed by atoms with Gasteiger partial charge in [-0.3, -0.25) is 0 Å². The smallest absolute Gasteiger partial charge is 0.0178 e. The first-order valence-electron chi connectivity index (χ1n) is 5.80. The maximum Gasteiger partial charge on any atom is 0.0178 e. The van der Waals surface area contributed by atoms with E-state index in [-0.39, 0.29) is 0 Å². The summed E-state index contributed by atoms with van der Waals surface area (Å²) < 4.78 is 1.20. The Morgan fingerprint density at radius 1 is 1.40 bits per heavy atom. The van der Waals surface area contributed by atoms with Crippen LogP contribution >= 0.6 is 15.9 Å². The number of hydrogen-bond donors (Lipinski definition) is 1. The minimum Gasteiger partial charge on any atom is -0.314 e. The number of nitrogens with one attached hydrogen (secondary N) is 1. The van der Waals surface area contributed by atoms with Gasteiger partial charge in [0.1, 0.15) is 0 Å². The van der Waals surface area contributed by atoms with Crippen molar-refractivity contribution in [2.75, 3.05) is 6.54 Å². The van der Waals surface area contributed by atoms with Crippen molar-refractivity contribution in [3.8, 4) is 0 Å². The average Bonchev–Trinajstić information content (AvgIpc) is 2.71. The zero-order chi connectivity index (χ0) is 10.7. The Kier molecular flexibility index (Phi) is 3.81. The molecule has 1 fully saturated rings. The molecule has 0 spiro atoms. The number of aryl methyl sites for hydroxylation is 1. The lowest BCUT2D eigenvalue weighted by atomic mass is 9.98. The molecule has 1 unspecified atom stereocenters. The van der Waals surface area contributed by atoms with E-state index in [1.54, 1.807) is 0 Å². The van der Waals surface area contributed by atoms with Gasteiger partial charge in [-0.15, -0.1) is 0 Å². The van der Waals surface area contributed by atoms with Gasteiger partial charge in [0, 0.05) is 10.5 Å². The highest BCUT2D eigenvalue weighted by Gasteiger charge is 2.15. The molecule has 0 aromatic heterocycles. The lowest BCUT2D eigenvalue weighted by molar-refractivity contribution is 0.600. The molecule has 1 saturated heterocycles. The normalized spacial score (nSPS) is 20.8. The fourth-order valence-electron chi connectivity index (χ4n) is 2.33. The van der Waals surface area contributed by atoms with Crippen LogP contribution in [0.1, 0.15) is 30.9 Å². The third-order valence-electron chi connectivity index (χ3n) is 3.18. The fourth-order valence-corrected chi connectivity index (χ4v) is 2.73. The molecular weight excluding hydrogens is 250 g/mol. The number of benzene rings is 1. The minimum absolute atomic E-state index is 0.699. The molecule has 2 heteroatoms. The highest BCUT2D eigenvalue weighted by Crippen LogP contribution is 2.20. The molecule has 0 aliphatic carbocycles. The van der Waals surface area contributed by atoms with Crippen molar-refractivity contribution in [2.24, 2.45) is 0 Å². The molecule has 15 heavy (non-hydrogen) atoms. The van der Waals surface area contributed by atoms with Gasteiger partial charge in [-0.25, -0.2) is 0 Å². The second kappa shape index (κ2) is 5.13. The Morgan fingerprint density at radius 2 is 2.27 bits per heavy atom. The first-order valence-corrected chi connectivity index (χ1v) is 6.59. The van der Waals surface area contributed by atoms with Crippen LogP contribution in [0.5, 0.6) is 0 Å². The van der Waals surface area contributed by atoms with Crippen molar-refractivity contribution in [1.82, 2.24) is 5.32 Å². The van der Waals surface area contributed by atoms with Crippen LogP contribution in [-0.4, -0.2) is 12.6 Å². The summed E-state index contributed by atoms with van der Waals surface area (Å²) in [6.45, 7) is 3.43. The van der Waals surface area contributed by atoms with Crippen molar-refractivity contribution >= 4 is 15.9 Å². The predicted octanol–water partition coefficient (Wildman–Crippen LogP) is 3.31. The fraction of sp³-hybridized carbons (Fsp3) is 0.538. The molecular formula is C13H18BrN. The lowest BCUT2D eigenvalue weighted by Crippen LogP contribution is -2.24. The number of rotatable bonds is 3. The van der Waals surface area contributed by atoms with Crippen LogP contribution in [-0.2, 0) is 12.8 Å². The second-order valence-corrected chi connectivity index (χ2v) is 5.18. The predicted molar refractivity (Wildman–Crippen MR) is 68.2 cm³/mol. The van der Waals surface area contributed by atoms with Gasteiger partial charge in [0.05, 0.1) is 0 Å². The molecule has 0 amide bonds. The molecule has 1 aromatic rings. The maximum absolute atomic E-state index is 3.56. The van der Waals surface area contributed by atoms with Crippen LogP contribution in [0.15, 0.2) is 22.7 Å². The Labute approximate surface area is 100 Å². The molecule has 1 aliphatic rings. The topological polar surface area (TPSA) is 12.0 Å². The van der Waals surface area contributed by atoms with Crippen LogP contribution in [0.2, 0.25) is 0 Å². The molecule has 1 atom stereocenters. The third kappa shape index (κ3) is 2.82. The van der Waals surface area contributed by atoms with Crippen LogP contribution in [0.25, 0.3) is 0 Å². The number of halogens is 1. The molecule has 0 saturated carbocycles. The SMILES string of the molecule is CCc1ccc(Br)cc1CC1CCCN1. The van der Waals surface area contributed by atoms with E-state index in [4.69, 9.17) is 0 Å². The first kappa shape index (κ1) is 11.2. The van der Waals surface area contributed by atoms with Gasteiger partial charge in [0.2, 0.25) is 0 Å². The van der Waals surface area contributed by atoms with E-state index in [9.17, 15) is 0 Å². The van der Waals surface area contributed by atoms with Crippen LogP contribution in [0.4, 0.5) is 0 Å². The summed E-state index contributed by atoms with van der Waals surface area (Å²) in [6.07, 6.45) is 4.98. The lowest BCUT2D eigenvalue weighted by Gasteiger charge is -2.13. The van der Waals surface area contributed by atoms with Crippen LogP contribution in [0, 0.1) is 0 Å². The zero-order valence-corrected chi connectivity index (χ0v) is 10.8. The van der Waals surface area contributed by atoms with Crippen molar-refractivity contribution in [2.45, 2.75) is 38.6 Å². The van der Waals surface area contributed by atoms with E-state index in [2.05, 4.69) is 46.4 Å². The standard InChI is InChI=1S/C13H18BrN/c1-2-10-5-6-12(14)8-11(10)9-13-4-3-7-15-13/h5-6,8,13,15H,2-4,7,9H2,1H3. The molecule has 82 valence electrons. The van der Waals surface area contributed by atoms with E-state index >= 15 is 0 Å². The maximum atomic E-state index is 3.56. The van der Waals surface area contributed by atoms with E-state index in [1.807, 2.05) is 0 Å². The van der Waals surface area contributed by atoms with Gasteiger partial charge >= 0.3 is 0 Å². The summed E-state index contributed by atoms with van der Waals surface area (Å²) in [5.41, 5.74) is 3.00. The summed E-state index contributed by atoms with van der Waals surface area (Å²) >= 11 is 3.55. The zero-order valence-electron chi connectivity index (χ0n) is 9.22. The van der Waals surface area contributed by atoms with E-state index in [1.165, 1.54) is 41.4 Å². The third-order valence-corrected chi connectivity index (χ3v) is 3.67. The summed E-state index contributed by atoms with van der Waals surface area (Å²) in [7, 11) is 0. The highest BCUT2D eigenvalue weighted by molar-refractivity contribution is 9.10. The summed E-state index contributed by atoms with van der Waals surface area (Å²) in [5.74, 6) is 0. The molecule has 0 bridgehead atoms. The second-order valence-electron chi connectivity index (χ2n) is 4.26. The molecule has 1 nitrogen and oxygen atoms in total. The Balaban J connectivity index is 2.14. The van der Waals surface area contributed by atoms with Crippen molar-refractivity contribution in [1.29, 1.82) is 0 Å². The number of hydrogen-bond acceptors (Lipinski definition) is 1. The van der Waals surface area contributed by atoms with Gasteiger partial charge in [-0.1, -0.05) is 28.9 Å². The average molecular weight is 268 g/mol. The van der Waals surface area contributed by atoms with E-state index < -0.39 is 0 Å². The van der Waals surface area contributed by atoms with Gasteiger partial charge in [-0.05, 0) is 55.5 Å². The van der Waals surface area contributed by atoms with Crippen molar-refractivity contribution in [3.63, 3.8) is 0 Å². The van der Waals surface area contributed by atoms with Gasteiger partial charge < -0.3 is 5.32 Å². The molecule has 1 aromatic carbocycles. The van der Waals surface area contributed by atoms with E-state index in [0.717, 1.165) is 6.42 Å². The molecule has 1 N–H and O–H groups in total. The monoisotopic (exact) mass is 267 g/mol. The highest BCUT2D eigenvalue weighted by atomic mass is 79.9. The van der Waals surface area contributed by atoms with Gasteiger partial charge in [-0.2, -0.15) is 0 Å². The van der Waals surface area contributed by atoms with Gasteiger partial charge in [0.25, 0.3) is 0 Å². The van der Waals surface area contributed by atoms with Crippen LogP contribution in [0.3, 0.4) is 0 Å². The molecule has 1 heterocycles. The van der Waals surface area contributed by atoms with Crippen LogP contribution < -0.4 is 5.32 Å². The molecule has 2 rings (SSSR count). The Hall–Kier alpha value is -0.340. The largest absolute Gasteiger partial charge is 0.314 e. The first-order chi connectivity index (χ1) is 7.29. The summed E-state index contributed by atoms with van der Waals surface area (Å²) in [5, 5.41) is 3.56. The Bertz CT molecular complexity index is 329. The Morgan fingerprint density at radius 3 is 2.93 bits per heavy atom. The summed E-state index contributed by atoms with van der Waals surface area (Å²) in [6, 6.07) is 7.36. The quantitative estimate of drug-likeness (QED) is 0.886. The van der Waals surface area contributed by atoms with Gasteiger partial charge in [0.15, 0.2) is 0 Å². The minimum atomic E-state index is 0.699. The summed E-state index contributed by atoms with van der Waals surface area (Å²) in [4.78, 5) is 0. The van der Waals surface area contributed by atoms with Crippen molar-refractivity contribution in [3.05, 3.63) is 33.8 Å².